The first-order valence-electron chi connectivity index (χ1n) is 13.0. The topological polar surface area (TPSA) is 3.24 Å². The molecule has 0 fully saturated rings. The van der Waals surface area contributed by atoms with Gasteiger partial charge in [-0.15, -0.1) is 11.3 Å². The lowest BCUT2D eigenvalue weighted by Crippen LogP contribution is -2.09. The highest BCUT2D eigenvalue weighted by Gasteiger charge is 2.13. The number of nitrogens with zero attached hydrogens (tertiary/aromatic N) is 1. The van der Waals surface area contributed by atoms with Gasteiger partial charge in [-0.2, -0.15) is 0 Å². The van der Waals surface area contributed by atoms with Gasteiger partial charge in [0.25, 0.3) is 0 Å². The number of halogens is 1. The van der Waals surface area contributed by atoms with Gasteiger partial charge in [-0.3, -0.25) is 0 Å². The molecule has 186 valence electrons. The number of benzene rings is 6. The minimum absolute atomic E-state index is 1.10. The van der Waals surface area contributed by atoms with Gasteiger partial charge in [-0.1, -0.05) is 88.7 Å². The van der Waals surface area contributed by atoms with Crippen molar-refractivity contribution >= 4 is 64.5 Å². The molecule has 39 heavy (non-hydrogen) atoms. The quantitative estimate of drug-likeness (QED) is 0.195. The van der Waals surface area contributed by atoms with Crippen LogP contribution in [-0.4, -0.2) is 0 Å². The summed E-state index contributed by atoms with van der Waals surface area (Å²) in [6.07, 6.45) is 0. The predicted octanol–water partition coefficient (Wildman–Crippen LogP) is 11.6. The van der Waals surface area contributed by atoms with E-state index in [1.54, 1.807) is 0 Å². The molecule has 7 rings (SSSR count). The van der Waals surface area contributed by atoms with E-state index in [-0.39, 0.29) is 0 Å². The Hall–Kier alpha value is -4.18. The molecule has 3 heteroatoms. The molecule has 0 radical (unpaired) electrons. The van der Waals surface area contributed by atoms with Gasteiger partial charge in [-0.25, -0.2) is 0 Å². The Kier molecular flexibility index (Phi) is 6.24. The van der Waals surface area contributed by atoms with E-state index in [1.165, 1.54) is 42.4 Å². The van der Waals surface area contributed by atoms with E-state index in [1.807, 2.05) is 11.3 Å². The van der Waals surface area contributed by atoms with Crippen molar-refractivity contribution in [1.82, 2.24) is 0 Å². The SMILES string of the molecule is Brc1ccc(-c2ccc3sc4ccc(-c5ccc(N(c6ccccc6)c6ccccc6)cc5)cc4c3c2)cc1. The van der Waals surface area contributed by atoms with E-state index in [4.69, 9.17) is 0 Å². The molecule has 0 saturated carbocycles. The summed E-state index contributed by atoms with van der Waals surface area (Å²) >= 11 is 5.41. The Morgan fingerprint density at radius 1 is 0.410 bits per heavy atom. The lowest BCUT2D eigenvalue weighted by molar-refractivity contribution is 1.28. The van der Waals surface area contributed by atoms with Crippen LogP contribution < -0.4 is 4.90 Å². The van der Waals surface area contributed by atoms with E-state index in [2.05, 4.69) is 166 Å². The van der Waals surface area contributed by atoms with Crippen molar-refractivity contribution in [1.29, 1.82) is 0 Å². The van der Waals surface area contributed by atoms with E-state index in [9.17, 15) is 0 Å². The molecule has 0 atom stereocenters. The minimum atomic E-state index is 1.10. The molecule has 0 saturated heterocycles. The van der Waals surface area contributed by atoms with Gasteiger partial charge >= 0.3 is 0 Å². The van der Waals surface area contributed by atoms with Gasteiger partial charge in [0.1, 0.15) is 0 Å². The van der Waals surface area contributed by atoms with Crippen molar-refractivity contribution in [2.45, 2.75) is 0 Å². The van der Waals surface area contributed by atoms with E-state index < -0.39 is 0 Å². The van der Waals surface area contributed by atoms with Crippen LogP contribution in [0.1, 0.15) is 0 Å². The van der Waals surface area contributed by atoms with Crippen molar-refractivity contribution in [2.75, 3.05) is 4.90 Å². The summed E-state index contributed by atoms with van der Waals surface area (Å²) in [6, 6.07) is 52.2. The average molecular weight is 583 g/mol. The molecule has 0 aliphatic carbocycles. The normalized spacial score (nSPS) is 11.2. The molecular weight excluding hydrogens is 558 g/mol. The summed E-state index contributed by atoms with van der Waals surface area (Å²) in [7, 11) is 0. The number of para-hydroxylation sites is 2. The van der Waals surface area contributed by atoms with Crippen LogP contribution in [-0.2, 0) is 0 Å². The van der Waals surface area contributed by atoms with Crippen LogP contribution in [0, 0.1) is 0 Å². The molecule has 0 spiro atoms. The standard InChI is InChI=1S/C36H24BrNS/c37-29-17-11-25(12-18-29)27-15-21-35-33(23-27)34-24-28(16-22-36(34)39-35)26-13-19-32(20-14-26)38(30-7-3-1-4-8-30)31-9-5-2-6-10-31/h1-24H. The molecule has 0 N–H and O–H groups in total. The van der Waals surface area contributed by atoms with Gasteiger partial charge in [0.2, 0.25) is 0 Å². The van der Waals surface area contributed by atoms with Crippen LogP contribution in [0.4, 0.5) is 17.1 Å². The highest BCUT2D eigenvalue weighted by molar-refractivity contribution is 9.10. The Balaban J connectivity index is 1.27. The number of hydrogen-bond donors (Lipinski definition) is 0. The van der Waals surface area contributed by atoms with Gasteiger partial charge < -0.3 is 4.90 Å². The summed E-state index contributed by atoms with van der Waals surface area (Å²) in [5.41, 5.74) is 8.34. The zero-order valence-corrected chi connectivity index (χ0v) is 23.5. The monoisotopic (exact) mass is 581 g/mol. The molecule has 0 bridgehead atoms. The average Bonchev–Trinajstić information content (AvgIpc) is 3.36. The van der Waals surface area contributed by atoms with Crippen LogP contribution in [0.5, 0.6) is 0 Å². The fourth-order valence-electron chi connectivity index (χ4n) is 5.18. The van der Waals surface area contributed by atoms with Crippen LogP contribution in [0.3, 0.4) is 0 Å². The molecular formula is C36H24BrNS. The smallest absolute Gasteiger partial charge is 0.0462 e. The summed E-state index contributed by atoms with van der Waals surface area (Å²) in [6.45, 7) is 0. The zero-order chi connectivity index (χ0) is 26.2. The molecule has 1 heterocycles. The third-order valence-corrected chi connectivity index (χ3v) is 8.81. The summed E-state index contributed by atoms with van der Waals surface area (Å²) < 4.78 is 3.73. The lowest BCUT2D eigenvalue weighted by Gasteiger charge is -2.25. The molecule has 6 aromatic carbocycles. The zero-order valence-electron chi connectivity index (χ0n) is 21.1. The van der Waals surface area contributed by atoms with Crippen LogP contribution in [0.15, 0.2) is 150 Å². The number of fused-ring (bicyclic) bond motifs is 3. The van der Waals surface area contributed by atoms with Crippen LogP contribution in [0.2, 0.25) is 0 Å². The molecule has 0 amide bonds. The second-order valence-electron chi connectivity index (χ2n) is 9.58. The minimum Gasteiger partial charge on any atom is -0.311 e. The highest BCUT2D eigenvalue weighted by Crippen LogP contribution is 2.40. The molecule has 1 nitrogen and oxygen atoms in total. The maximum atomic E-state index is 3.55. The first-order chi connectivity index (χ1) is 19.2. The van der Waals surface area contributed by atoms with E-state index in [0.717, 1.165) is 21.5 Å². The molecule has 7 aromatic rings. The maximum absolute atomic E-state index is 3.55. The number of anilines is 3. The first-order valence-corrected chi connectivity index (χ1v) is 14.6. The second kappa shape index (κ2) is 10.2. The van der Waals surface area contributed by atoms with Gasteiger partial charge in [-0.05, 0) is 95.1 Å². The first kappa shape index (κ1) is 23.9. The Labute approximate surface area is 240 Å². The van der Waals surface area contributed by atoms with Crippen LogP contribution >= 0.6 is 27.3 Å². The lowest BCUT2D eigenvalue weighted by atomic mass is 10.00. The summed E-state index contributed by atoms with van der Waals surface area (Å²) in [5.74, 6) is 0. The number of thiophene rings is 1. The Morgan fingerprint density at radius 3 is 1.31 bits per heavy atom. The fourth-order valence-corrected chi connectivity index (χ4v) is 6.51. The molecule has 0 unspecified atom stereocenters. The third-order valence-electron chi connectivity index (χ3n) is 7.13. The third kappa shape index (κ3) is 4.65. The van der Waals surface area contributed by atoms with Crippen molar-refractivity contribution in [3.05, 3.63) is 150 Å². The largest absolute Gasteiger partial charge is 0.311 e. The van der Waals surface area contributed by atoms with E-state index >= 15 is 0 Å². The van der Waals surface area contributed by atoms with Crippen molar-refractivity contribution < 1.29 is 0 Å². The van der Waals surface area contributed by atoms with Crippen LogP contribution in [0.25, 0.3) is 42.4 Å². The van der Waals surface area contributed by atoms with E-state index in [0.29, 0.717) is 0 Å². The summed E-state index contributed by atoms with van der Waals surface area (Å²) in [5, 5.41) is 2.62. The van der Waals surface area contributed by atoms with Gasteiger partial charge in [0.05, 0.1) is 0 Å². The highest BCUT2D eigenvalue weighted by atomic mass is 79.9. The number of hydrogen-bond acceptors (Lipinski definition) is 2. The Morgan fingerprint density at radius 2 is 0.821 bits per heavy atom. The van der Waals surface area contributed by atoms with Crippen molar-refractivity contribution in [3.8, 4) is 22.3 Å². The van der Waals surface area contributed by atoms with Crippen molar-refractivity contribution in [2.24, 2.45) is 0 Å². The molecule has 1 aromatic heterocycles. The van der Waals surface area contributed by atoms with Crippen molar-refractivity contribution in [3.63, 3.8) is 0 Å². The Bertz CT molecular complexity index is 1850. The molecule has 0 aliphatic heterocycles. The predicted molar refractivity (Wildman–Crippen MR) is 173 cm³/mol. The summed E-state index contributed by atoms with van der Waals surface area (Å²) in [4.78, 5) is 2.29. The van der Waals surface area contributed by atoms with Gasteiger partial charge in [0, 0.05) is 41.7 Å². The number of rotatable bonds is 5. The fraction of sp³-hybridized carbons (Fsp3) is 0. The second-order valence-corrected chi connectivity index (χ2v) is 11.6. The maximum Gasteiger partial charge on any atom is 0.0462 e. The van der Waals surface area contributed by atoms with Gasteiger partial charge in [0.15, 0.2) is 0 Å². The molecule has 0 aliphatic rings.